The first kappa shape index (κ1) is 15.6. The van der Waals surface area contributed by atoms with E-state index in [4.69, 9.17) is 0 Å². The molecule has 0 atom stereocenters. The second-order valence-corrected chi connectivity index (χ2v) is 5.82. The molecule has 1 aromatic rings. The molecule has 0 aliphatic rings. The normalized spacial score (nSPS) is 11.5. The topological polar surface area (TPSA) is 87.3 Å². The molecule has 0 radical (unpaired) electrons. The first-order valence-electron chi connectivity index (χ1n) is 6.01. The molecule has 0 spiro atoms. The molecule has 3 N–H and O–H groups in total. The fraction of sp³-hybridized carbons (Fsp3) is 0.417. The van der Waals surface area contributed by atoms with Gasteiger partial charge in [0.15, 0.2) is 0 Å². The van der Waals surface area contributed by atoms with Crippen LogP contribution in [-0.2, 0) is 10.2 Å². The van der Waals surface area contributed by atoms with Crippen LogP contribution in [0.4, 0.5) is 0 Å². The minimum atomic E-state index is -3.49. The van der Waals surface area contributed by atoms with Crippen LogP contribution in [0.1, 0.15) is 24.2 Å². The molecule has 19 heavy (non-hydrogen) atoms. The molecule has 0 aromatic heterocycles. The summed E-state index contributed by atoms with van der Waals surface area (Å²) in [5.74, 6) is -0.225. The van der Waals surface area contributed by atoms with Gasteiger partial charge < -0.3 is 5.32 Å². The highest BCUT2D eigenvalue weighted by Crippen LogP contribution is 1.97. The van der Waals surface area contributed by atoms with Crippen molar-refractivity contribution in [3.63, 3.8) is 0 Å². The lowest BCUT2D eigenvalue weighted by molar-refractivity contribution is 0.0954. The van der Waals surface area contributed by atoms with E-state index in [1.54, 1.807) is 38.1 Å². The Hall–Kier alpha value is -1.44. The smallest absolute Gasteiger partial charge is 0.277 e. The van der Waals surface area contributed by atoms with E-state index in [-0.39, 0.29) is 25.0 Å². The number of amides is 1. The molecular weight excluding hydrogens is 266 g/mol. The Morgan fingerprint density at radius 2 is 1.79 bits per heavy atom. The molecule has 1 rings (SSSR count). The summed E-state index contributed by atoms with van der Waals surface area (Å²) in [6.07, 6.45) is 0. The van der Waals surface area contributed by atoms with Gasteiger partial charge in [-0.2, -0.15) is 13.1 Å². The van der Waals surface area contributed by atoms with Crippen molar-refractivity contribution in [3.05, 3.63) is 35.9 Å². The van der Waals surface area contributed by atoms with Crippen molar-refractivity contribution >= 4 is 16.1 Å². The Kier molecular flexibility index (Phi) is 5.94. The van der Waals surface area contributed by atoms with Gasteiger partial charge in [0.2, 0.25) is 0 Å². The summed E-state index contributed by atoms with van der Waals surface area (Å²) in [5, 5.41) is 2.63. The first-order valence-corrected chi connectivity index (χ1v) is 7.49. The minimum Gasteiger partial charge on any atom is -0.351 e. The maximum Gasteiger partial charge on any atom is 0.277 e. The predicted molar refractivity (Wildman–Crippen MR) is 74.0 cm³/mol. The van der Waals surface area contributed by atoms with E-state index in [0.29, 0.717) is 5.56 Å². The molecule has 1 amide bonds. The number of rotatable bonds is 7. The van der Waals surface area contributed by atoms with Crippen LogP contribution in [0.15, 0.2) is 30.3 Å². The van der Waals surface area contributed by atoms with Gasteiger partial charge in [-0.1, -0.05) is 18.2 Å². The second kappa shape index (κ2) is 7.22. The zero-order chi connectivity index (χ0) is 14.3. The molecule has 0 bridgehead atoms. The monoisotopic (exact) mass is 285 g/mol. The van der Waals surface area contributed by atoms with Gasteiger partial charge in [0.1, 0.15) is 0 Å². The lowest BCUT2D eigenvalue weighted by Crippen LogP contribution is -2.43. The summed E-state index contributed by atoms with van der Waals surface area (Å²) < 4.78 is 27.6. The Bertz CT molecular complexity index is 500. The van der Waals surface area contributed by atoms with E-state index >= 15 is 0 Å². The largest absolute Gasteiger partial charge is 0.351 e. The summed E-state index contributed by atoms with van der Waals surface area (Å²) in [7, 11) is -3.49. The zero-order valence-corrected chi connectivity index (χ0v) is 11.8. The Labute approximate surface area is 113 Å². The van der Waals surface area contributed by atoms with Crippen molar-refractivity contribution in [2.45, 2.75) is 19.9 Å². The standard InChI is InChI=1S/C12H19N3O3S/c1-10(2)15-19(17,18)14-9-8-13-12(16)11-6-4-3-5-7-11/h3-7,10,14-15H,8-9H2,1-2H3,(H,13,16). The first-order chi connectivity index (χ1) is 8.91. The maximum atomic E-state index is 11.6. The van der Waals surface area contributed by atoms with Crippen LogP contribution < -0.4 is 14.8 Å². The van der Waals surface area contributed by atoms with Gasteiger partial charge >= 0.3 is 0 Å². The highest BCUT2D eigenvalue weighted by atomic mass is 32.2. The average molecular weight is 285 g/mol. The third kappa shape index (κ3) is 6.32. The number of carbonyl (C=O) groups excluding carboxylic acids is 1. The average Bonchev–Trinajstić information content (AvgIpc) is 2.34. The van der Waals surface area contributed by atoms with Crippen LogP contribution >= 0.6 is 0 Å². The number of hydrogen-bond donors (Lipinski definition) is 3. The number of hydrogen-bond acceptors (Lipinski definition) is 3. The highest BCUT2D eigenvalue weighted by Gasteiger charge is 2.10. The second-order valence-electron chi connectivity index (χ2n) is 4.29. The van der Waals surface area contributed by atoms with Gasteiger partial charge in [-0.25, -0.2) is 4.72 Å². The summed E-state index contributed by atoms with van der Waals surface area (Å²) in [6.45, 7) is 3.83. The number of nitrogens with one attached hydrogen (secondary N) is 3. The van der Waals surface area contributed by atoms with E-state index in [0.717, 1.165) is 0 Å². The van der Waals surface area contributed by atoms with Crippen molar-refractivity contribution in [1.82, 2.24) is 14.8 Å². The van der Waals surface area contributed by atoms with E-state index in [2.05, 4.69) is 14.8 Å². The quantitative estimate of drug-likeness (QED) is 0.628. The third-order valence-electron chi connectivity index (χ3n) is 2.13. The molecule has 106 valence electrons. The third-order valence-corrected chi connectivity index (χ3v) is 3.50. The molecule has 0 aliphatic heterocycles. The molecule has 0 aliphatic carbocycles. The molecule has 1 aromatic carbocycles. The summed E-state index contributed by atoms with van der Waals surface area (Å²) >= 11 is 0. The van der Waals surface area contributed by atoms with Gasteiger partial charge in [-0.15, -0.1) is 0 Å². The van der Waals surface area contributed by atoms with Crippen molar-refractivity contribution < 1.29 is 13.2 Å². The van der Waals surface area contributed by atoms with Gasteiger partial charge in [0.05, 0.1) is 0 Å². The Balaban J connectivity index is 2.30. The predicted octanol–water partition coefficient (Wildman–Crippen LogP) is 0.249. The van der Waals surface area contributed by atoms with Crippen molar-refractivity contribution in [2.24, 2.45) is 0 Å². The van der Waals surface area contributed by atoms with E-state index in [1.807, 2.05) is 6.07 Å². The molecule has 0 saturated carbocycles. The van der Waals surface area contributed by atoms with Crippen molar-refractivity contribution in [1.29, 1.82) is 0 Å². The van der Waals surface area contributed by atoms with Crippen molar-refractivity contribution in [3.8, 4) is 0 Å². The molecule has 0 heterocycles. The lowest BCUT2D eigenvalue weighted by atomic mass is 10.2. The fourth-order valence-corrected chi connectivity index (χ4v) is 2.48. The summed E-state index contributed by atoms with van der Waals surface area (Å²) in [6, 6.07) is 8.58. The Morgan fingerprint density at radius 3 is 2.37 bits per heavy atom. The van der Waals surface area contributed by atoms with Crippen molar-refractivity contribution in [2.75, 3.05) is 13.1 Å². The molecule has 7 heteroatoms. The summed E-state index contributed by atoms with van der Waals surface area (Å²) in [4.78, 5) is 11.6. The SMILES string of the molecule is CC(C)NS(=O)(=O)NCCNC(=O)c1ccccc1. The van der Waals surface area contributed by atoms with Gasteiger partial charge in [-0.3, -0.25) is 4.79 Å². The number of carbonyl (C=O) groups is 1. The van der Waals surface area contributed by atoms with Crippen LogP contribution in [0.5, 0.6) is 0 Å². The van der Waals surface area contributed by atoms with E-state index in [1.165, 1.54) is 0 Å². The van der Waals surface area contributed by atoms with Gasteiger partial charge in [0.25, 0.3) is 16.1 Å². The van der Waals surface area contributed by atoms with Crippen LogP contribution in [-0.4, -0.2) is 33.5 Å². The Morgan fingerprint density at radius 1 is 1.16 bits per heavy atom. The van der Waals surface area contributed by atoms with Crippen LogP contribution in [0.3, 0.4) is 0 Å². The van der Waals surface area contributed by atoms with Crippen LogP contribution in [0.2, 0.25) is 0 Å². The fourth-order valence-electron chi connectivity index (χ4n) is 1.40. The van der Waals surface area contributed by atoms with Crippen LogP contribution in [0.25, 0.3) is 0 Å². The maximum absolute atomic E-state index is 11.6. The van der Waals surface area contributed by atoms with Gasteiger partial charge in [-0.05, 0) is 26.0 Å². The van der Waals surface area contributed by atoms with Gasteiger partial charge in [0, 0.05) is 24.7 Å². The highest BCUT2D eigenvalue weighted by molar-refractivity contribution is 7.87. The molecule has 0 saturated heterocycles. The summed E-state index contributed by atoms with van der Waals surface area (Å²) in [5.41, 5.74) is 0.547. The van der Waals surface area contributed by atoms with E-state index in [9.17, 15) is 13.2 Å². The lowest BCUT2D eigenvalue weighted by Gasteiger charge is -2.11. The van der Waals surface area contributed by atoms with E-state index < -0.39 is 10.2 Å². The minimum absolute atomic E-state index is 0.140. The molecule has 6 nitrogen and oxygen atoms in total. The zero-order valence-electron chi connectivity index (χ0n) is 11.0. The van der Waals surface area contributed by atoms with Crippen LogP contribution in [0, 0.1) is 0 Å². The molecular formula is C12H19N3O3S. The molecule has 0 unspecified atom stereocenters. The molecule has 0 fully saturated rings. The number of benzene rings is 1.